The Balaban J connectivity index is 1.54. The predicted molar refractivity (Wildman–Crippen MR) is 124 cm³/mol. The number of allylic oxidation sites excluding steroid dienone is 1. The molecule has 1 aromatic carbocycles. The van der Waals surface area contributed by atoms with Gasteiger partial charge in [-0.1, -0.05) is 101 Å². The van der Waals surface area contributed by atoms with Gasteiger partial charge in [0.2, 0.25) is 5.90 Å². The molecule has 1 heterocycles. The van der Waals surface area contributed by atoms with E-state index in [-0.39, 0.29) is 12.1 Å². The zero-order chi connectivity index (χ0) is 20.6. The molecule has 0 saturated heterocycles. The highest BCUT2D eigenvalue weighted by Gasteiger charge is 2.26. The zero-order valence-corrected chi connectivity index (χ0v) is 18.7. The quantitative estimate of drug-likeness (QED) is 0.219. The van der Waals surface area contributed by atoms with Crippen molar-refractivity contribution < 1.29 is 9.47 Å². The third kappa shape index (κ3) is 9.62. The average Bonchev–Trinajstić information content (AvgIpc) is 3.25. The highest BCUT2D eigenvalue weighted by Crippen LogP contribution is 2.17. The van der Waals surface area contributed by atoms with E-state index in [4.69, 9.17) is 14.5 Å². The van der Waals surface area contributed by atoms with E-state index >= 15 is 0 Å². The van der Waals surface area contributed by atoms with E-state index in [0.29, 0.717) is 6.61 Å². The molecule has 0 amide bonds. The summed E-state index contributed by atoms with van der Waals surface area (Å²) in [6.45, 7) is 2.87. The molecule has 3 nitrogen and oxygen atoms in total. The van der Waals surface area contributed by atoms with Crippen LogP contribution in [0, 0.1) is 0 Å². The van der Waals surface area contributed by atoms with Crippen LogP contribution in [0.25, 0.3) is 0 Å². The van der Waals surface area contributed by atoms with Crippen molar-refractivity contribution in [1.82, 2.24) is 0 Å². The summed E-state index contributed by atoms with van der Waals surface area (Å²) in [4.78, 5) is 4.73. The fraction of sp³-hybridized carbons (Fsp3) is 0.654. The molecule has 1 aliphatic rings. The Bertz CT molecular complexity index is 582. The highest BCUT2D eigenvalue weighted by atomic mass is 16.5. The maximum atomic E-state index is 5.79. The summed E-state index contributed by atoms with van der Waals surface area (Å²) in [5, 5.41) is 0. The van der Waals surface area contributed by atoms with E-state index in [1.165, 1.54) is 70.6 Å². The largest absolute Gasteiger partial charge is 0.475 e. The standard InChI is InChI=1S/C26H41NO2/c1-3-4-5-6-7-8-9-10-11-12-13-14-18-21-25(28-2)24-22-29-26(27-24)23-19-16-15-17-20-23/h15-21,24-25H,3-14,22H2,1-2H3/b21-18+/t24-,25?/m0/s1. The van der Waals surface area contributed by atoms with Crippen molar-refractivity contribution in [2.75, 3.05) is 13.7 Å². The molecule has 3 heteroatoms. The SMILES string of the molecule is CCCCCCCCCCCCC/C=C/C(OC)[C@@H]1COC(c2ccccc2)=N1. The van der Waals surface area contributed by atoms with Gasteiger partial charge in [0.25, 0.3) is 0 Å². The third-order valence-electron chi connectivity index (χ3n) is 5.65. The second kappa shape index (κ2) is 15.3. The number of hydrogen-bond acceptors (Lipinski definition) is 3. The maximum Gasteiger partial charge on any atom is 0.216 e. The molecule has 0 spiro atoms. The van der Waals surface area contributed by atoms with Gasteiger partial charge in [-0.2, -0.15) is 0 Å². The summed E-state index contributed by atoms with van der Waals surface area (Å²) in [7, 11) is 1.76. The van der Waals surface area contributed by atoms with Crippen LogP contribution in [-0.2, 0) is 9.47 Å². The number of nitrogens with zero attached hydrogens (tertiary/aromatic N) is 1. The van der Waals surface area contributed by atoms with Gasteiger partial charge in [-0.3, -0.25) is 0 Å². The summed E-state index contributed by atoms with van der Waals surface area (Å²) >= 11 is 0. The summed E-state index contributed by atoms with van der Waals surface area (Å²) in [6.07, 6.45) is 20.8. The molecular formula is C26H41NO2. The lowest BCUT2D eigenvalue weighted by atomic mass is 10.0. The van der Waals surface area contributed by atoms with Crippen LogP contribution < -0.4 is 0 Å². The minimum absolute atomic E-state index is 0.0103. The second-order valence-electron chi connectivity index (χ2n) is 8.13. The zero-order valence-electron chi connectivity index (χ0n) is 18.7. The lowest BCUT2D eigenvalue weighted by Gasteiger charge is -2.14. The molecule has 29 heavy (non-hydrogen) atoms. The Labute approximate surface area is 178 Å². The lowest BCUT2D eigenvalue weighted by Crippen LogP contribution is -2.25. The summed E-state index contributed by atoms with van der Waals surface area (Å²) in [6, 6.07) is 10.1. The smallest absolute Gasteiger partial charge is 0.216 e. The van der Waals surface area contributed by atoms with Crippen LogP contribution in [0.15, 0.2) is 47.5 Å². The van der Waals surface area contributed by atoms with Crippen molar-refractivity contribution in [3.05, 3.63) is 48.0 Å². The lowest BCUT2D eigenvalue weighted by molar-refractivity contribution is 0.107. The van der Waals surface area contributed by atoms with Crippen LogP contribution in [0.1, 0.15) is 89.5 Å². The highest BCUT2D eigenvalue weighted by molar-refractivity contribution is 5.95. The first-order valence-corrected chi connectivity index (χ1v) is 11.8. The number of hydrogen-bond donors (Lipinski definition) is 0. The van der Waals surface area contributed by atoms with Crippen molar-refractivity contribution in [2.24, 2.45) is 4.99 Å². The molecule has 0 fully saturated rings. The van der Waals surface area contributed by atoms with E-state index in [1.807, 2.05) is 30.3 Å². The van der Waals surface area contributed by atoms with Gasteiger partial charge in [0, 0.05) is 12.7 Å². The first-order chi connectivity index (χ1) is 14.3. The Morgan fingerprint density at radius 1 is 0.966 bits per heavy atom. The van der Waals surface area contributed by atoms with E-state index in [1.54, 1.807) is 7.11 Å². The molecule has 1 aromatic rings. The van der Waals surface area contributed by atoms with Gasteiger partial charge in [0.1, 0.15) is 18.8 Å². The van der Waals surface area contributed by atoms with Gasteiger partial charge >= 0.3 is 0 Å². The summed E-state index contributed by atoms with van der Waals surface area (Å²) in [5.41, 5.74) is 1.04. The number of rotatable bonds is 16. The molecule has 0 N–H and O–H groups in total. The molecule has 1 unspecified atom stereocenters. The van der Waals surface area contributed by atoms with Gasteiger partial charge in [-0.15, -0.1) is 0 Å². The van der Waals surface area contributed by atoms with Crippen LogP contribution in [0.4, 0.5) is 0 Å². The molecule has 0 aromatic heterocycles. The molecule has 1 aliphatic heterocycles. The number of aliphatic imine (C=N–C) groups is 1. The fourth-order valence-corrected chi connectivity index (χ4v) is 3.82. The number of methoxy groups -OCH3 is 1. The second-order valence-corrected chi connectivity index (χ2v) is 8.13. The normalized spacial score (nSPS) is 17.4. The first-order valence-electron chi connectivity index (χ1n) is 11.8. The van der Waals surface area contributed by atoms with Crippen LogP contribution in [-0.4, -0.2) is 31.8 Å². The Kier molecular flexibility index (Phi) is 12.5. The van der Waals surface area contributed by atoms with Gasteiger partial charge in [-0.25, -0.2) is 4.99 Å². The van der Waals surface area contributed by atoms with Crippen molar-refractivity contribution in [3.8, 4) is 0 Å². The Morgan fingerprint density at radius 2 is 1.59 bits per heavy atom. The predicted octanol–water partition coefficient (Wildman–Crippen LogP) is 7.10. The van der Waals surface area contributed by atoms with E-state index < -0.39 is 0 Å². The topological polar surface area (TPSA) is 30.8 Å². The van der Waals surface area contributed by atoms with Gasteiger partial charge in [0.05, 0.1) is 0 Å². The average molecular weight is 400 g/mol. The van der Waals surface area contributed by atoms with E-state index in [0.717, 1.165) is 17.9 Å². The monoisotopic (exact) mass is 399 g/mol. The van der Waals surface area contributed by atoms with Crippen molar-refractivity contribution in [3.63, 3.8) is 0 Å². The maximum absolute atomic E-state index is 5.79. The van der Waals surface area contributed by atoms with Gasteiger partial charge in [0.15, 0.2) is 0 Å². The van der Waals surface area contributed by atoms with Gasteiger partial charge < -0.3 is 9.47 Å². The minimum atomic E-state index is -0.0103. The number of unbranched alkanes of at least 4 members (excludes halogenated alkanes) is 11. The van der Waals surface area contributed by atoms with Crippen molar-refractivity contribution in [2.45, 2.75) is 96.1 Å². The van der Waals surface area contributed by atoms with Gasteiger partial charge in [-0.05, 0) is 25.0 Å². The fourth-order valence-electron chi connectivity index (χ4n) is 3.82. The minimum Gasteiger partial charge on any atom is -0.475 e. The molecule has 0 radical (unpaired) electrons. The summed E-state index contributed by atoms with van der Waals surface area (Å²) in [5.74, 6) is 0.733. The molecule has 0 bridgehead atoms. The van der Waals surface area contributed by atoms with Crippen molar-refractivity contribution >= 4 is 5.90 Å². The molecule has 2 atom stereocenters. The molecular weight excluding hydrogens is 358 g/mol. The summed E-state index contributed by atoms with van der Waals surface area (Å²) < 4.78 is 11.4. The molecule has 0 saturated carbocycles. The third-order valence-corrected chi connectivity index (χ3v) is 5.65. The number of ether oxygens (including phenoxy) is 2. The molecule has 2 rings (SSSR count). The van der Waals surface area contributed by atoms with E-state index in [9.17, 15) is 0 Å². The Morgan fingerprint density at radius 3 is 2.21 bits per heavy atom. The van der Waals surface area contributed by atoms with Crippen LogP contribution in [0.5, 0.6) is 0 Å². The van der Waals surface area contributed by atoms with Crippen LogP contribution >= 0.6 is 0 Å². The number of benzene rings is 1. The molecule has 162 valence electrons. The van der Waals surface area contributed by atoms with Crippen LogP contribution in [0.2, 0.25) is 0 Å². The molecule has 0 aliphatic carbocycles. The van der Waals surface area contributed by atoms with Crippen molar-refractivity contribution in [1.29, 1.82) is 0 Å². The van der Waals surface area contributed by atoms with Crippen LogP contribution in [0.3, 0.4) is 0 Å². The van der Waals surface area contributed by atoms with E-state index in [2.05, 4.69) is 19.1 Å². The Hall–Kier alpha value is -1.61. The first kappa shape index (κ1) is 23.7.